The van der Waals surface area contributed by atoms with E-state index in [9.17, 15) is 13.2 Å². The largest absolute Gasteiger partial charge is 0.484 e. The maximum absolute atomic E-state index is 12.0. The van der Waals surface area contributed by atoms with Crippen molar-refractivity contribution in [2.24, 2.45) is 0 Å². The van der Waals surface area contributed by atoms with Gasteiger partial charge in [-0.15, -0.1) is 23.5 Å². The van der Waals surface area contributed by atoms with E-state index in [2.05, 4.69) is 5.32 Å². The molecule has 0 aromatic heterocycles. The Labute approximate surface area is 161 Å². The summed E-state index contributed by atoms with van der Waals surface area (Å²) < 4.78 is 29.1. The van der Waals surface area contributed by atoms with Crippen LogP contribution in [0.1, 0.15) is 10.1 Å². The Morgan fingerprint density at radius 3 is 2.50 bits per heavy atom. The summed E-state index contributed by atoms with van der Waals surface area (Å²) >= 11 is 3.88. The Hall–Kier alpha value is -1.64. The summed E-state index contributed by atoms with van der Waals surface area (Å²) in [5.41, 5.74) is 1.68. The zero-order valence-corrected chi connectivity index (χ0v) is 16.6. The lowest BCUT2D eigenvalue weighted by Gasteiger charge is -2.11. The van der Waals surface area contributed by atoms with Crippen molar-refractivity contribution in [3.05, 3.63) is 54.1 Å². The molecule has 0 spiro atoms. The van der Waals surface area contributed by atoms with Crippen LogP contribution in [0, 0.1) is 0 Å². The fraction of sp³-hybridized carbons (Fsp3) is 0.278. The summed E-state index contributed by atoms with van der Waals surface area (Å²) in [6, 6.07) is 13.9. The zero-order chi connectivity index (χ0) is 18.6. The van der Waals surface area contributed by atoms with Crippen molar-refractivity contribution in [3.8, 4) is 5.75 Å². The van der Waals surface area contributed by atoms with E-state index < -0.39 is 9.84 Å². The summed E-state index contributed by atoms with van der Waals surface area (Å²) in [7, 11) is -3.31. The van der Waals surface area contributed by atoms with Crippen molar-refractivity contribution in [2.75, 3.05) is 29.7 Å². The van der Waals surface area contributed by atoms with E-state index in [1.165, 1.54) is 29.2 Å². The molecule has 0 aliphatic carbocycles. The first-order valence-electron chi connectivity index (χ1n) is 7.98. The SMILES string of the molecule is CS(=O)(=O)c1cccc(NC(=O)COc2ccc(C3SCCS3)cc2)c1. The fourth-order valence-corrected chi connectivity index (χ4v) is 5.95. The first-order valence-corrected chi connectivity index (χ1v) is 12.0. The molecule has 1 fully saturated rings. The molecule has 0 unspecified atom stereocenters. The Balaban J connectivity index is 1.54. The first kappa shape index (κ1) is 19.1. The number of carbonyl (C=O) groups is 1. The number of benzene rings is 2. The van der Waals surface area contributed by atoms with Gasteiger partial charge >= 0.3 is 0 Å². The van der Waals surface area contributed by atoms with E-state index in [1.54, 1.807) is 12.1 Å². The summed E-state index contributed by atoms with van der Waals surface area (Å²) in [6.07, 6.45) is 1.13. The Morgan fingerprint density at radius 2 is 1.85 bits per heavy atom. The van der Waals surface area contributed by atoms with Gasteiger partial charge in [-0.1, -0.05) is 18.2 Å². The van der Waals surface area contributed by atoms with Crippen molar-refractivity contribution in [1.29, 1.82) is 0 Å². The van der Waals surface area contributed by atoms with Crippen LogP contribution in [0.2, 0.25) is 0 Å². The van der Waals surface area contributed by atoms with Crippen LogP contribution in [0.15, 0.2) is 53.4 Å². The zero-order valence-electron chi connectivity index (χ0n) is 14.2. The standard InChI is InChI=1S/C18H19NO4S3/c1-26(21,22)16-4-2-3-14(11-16)19-17(20)12-23-15-7-5-13(6-8-15)18-24-9-10-25-18/h2-8,11,18H,9-10,12H2,1H3,(H,19,20). The highest BCUT2D eigenvalue weighted by Crippen LogP contribution is 2.45. The molecule has 1 aliphatic rings. The third-order valence-corrected chi connectivity index (χ3v) is 7.90. The first-order chi connectivity index (χ1) is 12.4. The van der Waals surface area contributed by atoms with Gasteiger partial charge in [-0.05, 0) is 35.9 Å². The molecular formula is C18H19NO4S3. The highest BCUT2D eigenvalue weighted by Gasteiger charge is 2.18. The number of amides is 1. The van der Waals surface area contributed by atoms with Gasteiger partial charge in [0.1, 0.15) is 5.75 Å². The second kappa shape index (κ2) is 8.37. The van der Waals surface area contributed by atoms with E-state index in [0.717, 1.165) is 6.26 Å². The lowest BCUT2D eigenvalue weighted by atomic mass is 10.2. The highest BCUT2D eigenvalue weighted by atomic mass is 32.2. The van der Waals surface area contributed by atoms with Gasteiger partial charge < -0.3 is 10.1 Å². The minimum atomic E-state index is -3.31. The number of rotatable bonds is 6. The van der Waals surface area contributed by atoms with Gasteiger partial charge in [-0.2, -0.15) is 0 Å². The third-order valence-electron chi connectivity index (χ3n) is 3.69. The van der Waals surface area contributed by atoms with Crippen LogP contribution in [0.4, 0.5) is 5.69 Å². The average Bonchev–Trinajstić information content (AvgIpc) is 3.14. The van der Waals surface area contributed by atoms with Crippen LogP contribution in [0.3, 0.4) is 0 Å². The molecule has 0 radical (unpaired) electrons. The second-order valence-corrected chi connectivity index (χ2v) is 10.5. The molecule has 0 bridgehead atoms. The molecule has 0 atom stereocenters. The van der Waals surface area contributed by atoms with Gasteiger partial charge in [0.2, 0.25) is 0 Å². The van der Waals surface area contributed by atoms with E-state index in [4.69, 9.17) is 4.74 Å². The Bertz CT molecular complexity index is 876. The third kappa shape index (κ3) is 5.18. The molecule has 26 heavy (non-hydrogen) atoms. The molecule has 1 N–H and O–H groups in total. The van der Waals surface area contributed by atoms with Gasteiger partial charge in [-0.25, -0.2) is 8.42 Å². The highest BCUT2D eigenvalue weighted by molar-refractivity contribution is 8.19. The normalized spacial score (nSPS) is 15.0. The number of hydrogen-bond donors (Lipinski definition) is 1. The topological polar surface area (TPSA) is 72.5 Å². The number of carbonyl (C=O) groups excluding carboxylic acids is 1. The quantitative estimate of drug-likeness (QED) is 0.786. The number of hydrogen-bond acceptors (Lipinski definition) is 6. The maximum Gasteiger partial charge on any atom is 0.262 e. The van der Waals surface area contributed by atoms with Crippen molar-refractivity contribution in [3.63, 3.8) is 0 Å². The van der Waals surface area contributed by atoms with Gasteiger partial charge in [0.25, 0.3) is 5.91 Å². The molecule has 1 heterocycles. The summed E-state index contributed by atoms with van der Waals surface area (Å²) in [6.45, 7) is -0.143. The number of nitrogens with one attached hydrogen (secondary N) is 1. The second-order valence-electron chi connectivity index (χ2n) is 5.78. The molecule has 1 amide bonds. The van der Waals surface area contributed by atoms with Crippen molar-refractivity contribution < 1.29 is 17.9 Å². The van der Waals surface area contributed by atoms with Crippen LogP contribution in [0.25, 0.3) is 0 Å². The summed E-state index contributed by atoms with van der Waals surface area (Å²) in [4.78, 5) is 12.2. The lowest BCUT2D eigenvalue weighted by Crippen LogP contribution is -2.20. The molecule has 1 saturated heterocycles. The minimum Gasteiger partial charge on any atom is -0.484 e. The number of sulfone groups is 1. The molecule has 5 nitrogen and oxygen atoms in total. The van der Waals surface area contributed by atoms with Crippen LogP contribution >= 0.6 is 23.5 Å². The van der Waals surface area contributed by atoms with Gasteiger partial charge in [0, 0.05) is 23.4 Å². The molecule has 2 aromatic carbocycles. The van der Waals surface area contributed by atoms with Gasteiger partial charge in [0.15, 0.2) is 16.4 Å². The van der Waals surface area contributed by atoms with E-state index in [0.29, 0.717) is 16.0 Å². The molecule has 2 aromatic rings. The van der Waals surface area contributed by atoms with E-state index >= 15 is 0 Å². The van der Waals surface area contributed by atoms with Gasteiger partial charge in [-0.3, -0.25) is 4.79 Å². The molecule has 138 valence electrons. The van der Waals surface area contributed by atoms with Gasteiger partial charge in [0.05, 0.1) is 9.48 Å². The van der Waals surface area contributed by atoms with Crippen molar-refractivity contribution in [1.82, 2.24) is 0 Å². The molecule has 8 heteroatoms. The maximum atomic E-state index is 12.0. The number of ether oxygens (including phenoxy) is 1. The van der Waals surface area contributed by atoms with Crippen LogP contribution < -0.4 is 10.1 Å². The Morgan fingerprint density at radius 1 is 1.15 bits per heavy atom. The molecule has 0 saturated carbocycles. The number of anilines is 1. The average molecular weight is 410 g/mol. The van der Waals surface area contributed by atoms with Crippen molar-refractivity contribution >= 4 is 45.0 Å². The molecule has 3 rings (SSSR count). The van der Waals surface area contributed by atoms with E-state index in [1.807, 2.05) is 47.8 Å². The predicted molar refractivity (Wildman–Crippen MR) is 108 cm³/mol. The van der Waals surface area contributed by atoms with E-state index in [-0.39, 0.29) is 17.4 Å². The number of thioether (sulfide) groups is 2. The smallest absolute Gasteiger partial charge is 0.262 e. The summed E-state index contributed by atoms with van der Waals surface area (Å²) in [5.74, 6) is 2.63. The lowest BCUT2D eigenvalue weighted by molar-refractivity contribution is -0.118. The Kier molecular flexibility index (Phi) is 6.16. The van der Waals surface area contributed by atoms with Crippen LogP contribution in [-0.2, 0) is 14.6 Å². The van der Waals surface area contributed by atoms with Crippen LogP contribution in [-0.4, -0.2) is 38.7 Å². The molecule has 1 aliphatic heterocycles. The fourth-order valence-electron chi connectivity index (χ4n) is 2.42. The predicted octanol–water partition coefficient (Wildman–Crippen LogP) is 3.59. The molecular weight excluding hydrogens is 390 g/mol. The summed E-state index contributed by atoms with van der Waals surface area (Å²) in [5, 5.41) is 2.65. The minimum absolute atomic E-state index is 0.143. The monoisotopic (exact) mass is 409 g/mol. The van der Waals surface area contributed by atoms with Crippen LogP contribution in [0.5, 0.6) is 5.75 Å². The van der Waals surface area contributed by atoms with Crippen molar-refractivity contribution in [2.45, 2.75) is 9.48 Å².